The van der Waals surface area contributed by atoms with E-state index in [1.54, 1.807) is 25.4 Å². The molecule has 0 aliphatic rings. The molecule has 0 amide bonds. The molecule has 6 heteroatoms. The monoisotopic (exact) mass is 391 g/mol. The third kappa shape index (κ3) is 3.83. The molecule has 0 aliphatic carbocycles. The quantitative estimate of drug-likeness (QED) is 0.501. The lowest BCUT2D eigenvalue weighted by Gasteiger charge is -2.16. The Balaban J connectivity index is 1.51. The molecule has 3 aromatic carbocycles. The Morgan fingerprint density at radius 2 is 1.61 bits per heavy atom. The Morgan fingerprint density at radius 3 is 2.39 bits per heavy atom. The summed E-state index contributed by atoms with van der Waals surface area (Å²) in [5.74, 6) is 0. The number of aromatic nitrogens is 2. The zero-order valence-corrected chi connectivity index (χ0v) is 16.4. The van der Waals surface area contributed by atoms with Crippen molar-refractivity contribution in [2.45, 2.75) is 18.0 Å². The zero-order valence-electron chi connectivity index (χ0n) is 15.6. The molecule has 0 saturated carbocycles. The van der Waals surface area contributed by atoms with E-state index in [1.165, 1.54) is 4.31 Å². The lowest BCUT2D eigenvalue weighted by atomic mass is 10.1. The molecule has 0 N–H and O–H groups in total. The van der Waals surface area contributed by atoms with Crippen LogP contribution in [0.25, 0.3) is 10.8 Å². The van der Waals surface area contributed by atoms with Crippen LogP contribution in [-0.2, 0) is 23.1 Å². The molecule has 0 unspecified atom stereocenters. The molecule has 0 spiro atoms. The van der Waals surface area contributed by atoms with Crippen molar-refractivity contribution in [2.75, 3.05) is 7.05 Å². The van der Waals surface area contributed by atoms with Crippen LogP contribution in [0, 0.1) is 0 Å². The predicted molar refractivity (Wildman–Crippen MR) is 110 cm³/mol. The highest BCUT2D eigenvalue weighted by Crippen LogP contribution is 2.22. The first kappa shape index (κ1) is 18.4. The highest BCUT2D eigenvalue weighted by Gasteiger charge is 2.21. The van der Waals surface area contributed by atoms with Crippen LogP contribution in [0.15, 0.2) is 90.1 Å². The van der Waals surface area contributed by atoms with Crippen molar-refractivity contribution in [3.8, 4) is 0 Å². The fraction of sp³-hybridized carbons (Fsp3) is 0.136. The summed E-state index contributed by atoms with van der Waals surface area (Å²) in [6.07, 6.45) is 3.61. The molecule has 0 atom stereocenters. The van der Waals surface area contributed by atoms with E-state index >= 15 is 0 Å². The van der Waals surface area contributed by atoms with Gasteiger partial charge in [-0.25, -0.2) is 8.42 Å². The number of nitrogens with zero attached hydrogens (tertiary/aromatic N) is 3. The van der Waals surface area contributed by atoms with Gasteiger partial charge >= 0.3 is 0 Å². The highest BCUT2D eigenvalue weighted by molar-refractivity contribution is 7.89. The van der Waals surface area contributed by atoms with Crippen LogP contribution < -0.4 is 0 Å². The van der Waals surface area contributed by atoms with Crippen molar-refractivity contribution in [1.82, 2.24) is 14.1 Å². The lowest BCUT2D eigenvalue weighted by molar-refractivity contribution is 0.466. The first-order valence-electron chi connectivity index (χ1n) is 9.03. The van der Waals surface area contributed by atoms with Crippen LogP contribution in [-0.4, -0.2) is 29.6 Å². The Hall–Kier alpha value is -2.96. The van der Waals surface area contributed by atoms with Crippen molar-refractivity contribution < 1.29 is 8.42 Å². The Morgan fingerprint density at radius 1 is 0.893 bits per heavy atom. The van der Waals surface area contributed by atoms with Gasteiger partial charge in [-0.15, -0.1) is 0 Å². The summed E-state index contributed by atoms with van der Waals surface area (Å²) in [4.78, 5) is 0.297. The van der Waals surface area contributed by atoms with E-state index in [4.69, 9.17) is 0 Å². The maximum Gasteiger partial charge on any atom is 0.243 e. The van der Waals surface area contributed by atoms with Gasteiger partial charge in [-0.1, -0.05) is 60.7 Å². The van der Waals surface area contributed by atoms with E-state index in [0.717, 1.165) is 21.9 Å². The third-order valence-corrected chi connectivity index (χ3v) is 6.51. The average molecular weight is 391 g/mol. The minimum absolute atomic E-state index is 0.268. The maximum absolute atomic E-state index is 13.0. The van der Waals surface area contributed by atoms with Gasteiger partial charge < -0.3 is 0 Å². The summed E-state index contributed by atoms with van der Waals surface area (Å²) in [5, 5.41) is 6.29. The molecule has 1 aromatic heterocycles. The van der Waals surface area contributed by atoms with Gasteiger partial charge in [0, 0.05) is 25.4 Å². The average Bonchev–Trinajstić information content (AvgIpc) is 3.15. The number of hydrogen-bond acceptors (Lipinski definition) is 3. The van der Waals surface area contributed by atoms with E-state index in [2.05, 4.69) is 5.10 Å². The topological polar surface area (TPSA) is 55.2 Å². The number of fused-ring (bicyclic) bond motifs is 1. The second-order valence-corrected chi connectivity index (χ2v) is 8.85. The number of hydrogen-bond donors (Lipinski definition) is 0. The van der Waals surface area contributed by atoms with Crippen molar-refractivity contribution in [3.05, 3.63) is 96.3 Å². The van der Waals surface area contributed by atoms with Crippen LogP contribution in [0.1, 0.15) is 11.1 Å². The minimum atomic E-state index is -3.58. The van der Waals surface area contributed by atoms with Gasteiger partial charge in [-0.3, -0.25) is 4.68 Å². The molecular weight excluding hydrogens is 370 g/mol. The van der Waals surface area contributed by atoms with E-state index in [0.29, 0.717) is 11.4 Å². The SMILES string of the molecule is CN(Cc1cnn(Cc2ccccc2)c1)S(=O)(=O)c1ccc2ccccc2c1. The summed E-state index contributed by atoms with van der Waals surface area (Å²) in [5.41, 5.74) is 2.00. The summed E-state index contributed by atoms with van der Waals surface area (Å²) in [6, 6.07) is 23.0. The molecule has 4 aromatic rings. The van der Waals surface area contributed by atoms with Crippen LogP contribution in [0.3, 0.4) is 0 Å². The summed E-state index contributed by atoms with van der Waals surface area (Å²) in [6.45, 7) is 0.923. The normalized spacial score (nSPS) is 11.9. The molecule has 4 rings (SSSR count). The van der Waals surface area contributed by atoms with E-state index in [9.17, 15) is 8.42 Å². The molecule has 1 heterocycles. The largest absolute Gasteiger partial charge is 0.268 e. The van der Waals surface area contributed by atoms with Gasteiger partial charge in [0.25, 0.3) is 0 Å². The number of rotatable bonds is 6. The molecule has 0 saturated heterocycles. The van der Waals surface area contributed by atoms with Gasteiger partial charge in [0.15, 0.2) is 0 Å². The Bertz CT molecular complexity index is 1200. The summed E-state index contributed by atoms with van der Waals surface area (Å²) >= 11 is 0. The van der Waals surface area contributed by atoms with E-state index in [1.807, 2.05) is 71.5 Å². The smallest absolute Gasteiger partial charge is 0.243 e. The minimum Gasteiger partial charge on any atom is -0.268 e. The maximum atomic E-state index is 13.0. The molecule has 0 bridgehead atoms. The lowest BCUT2D eigenvalue weighted by Crippen LogP contribution is -2.26. The second kappa shape index (κ2) is 7.58. The van der Waals surface area contributed by atoms with E-state index < -0.39 is 10.0 Å². The van der Waals surface area contributed by atoms with Crippen molar-refractivity contribution in [2.24, 2.45) is 0 Å². The first-order valence-corrected chi connectivity index (χ1v) is 10.5. The van der Waals surface area contributed by atoms with Crippen LogP contribution in [0.4, 0.5) is 0 Å². The molecular formula is C22H21N3O2S. The predicted octanol–water partition coefficient (Wildman–Crippen LogP) is 3.91. The second-order valence-electron chi connectivity index (χ2n) is 6.80. The Labute approximate surface area is 164 Å². The zero-order chi connectivity index (χ0) is 19.6. The molecule has 142 valence electrons. The molecule has 0 aliphatic heterocycles. The van der Waals surface area contributed by atoms with Crippen LogP contribution >= 0.6 is 0 Å². The highest BCUT2D eigenvalue weighted by atomic mass is 32.2. The standard InChI is InChI=1S/C22H21N3O2S/c1-24(15-19-14-23-25(17-19)16-18-7-3-2-4-8-18)28(26,27)22-12-11-20-9-5-6-10-21(20)13-22/h2-14,17H,15-16H2,1H3. The van der Waals surface area contributed by atoms with Crippen LogP contribution in [0.5, 0.6) is 0 Å². The van der Waals surface area contributed by atoms with Gasteiger partial charge in [0.2, 0.25) is 10.0 Å². The fourth-order valence-corrected chi connectivity index (χ4v) is 4.39. The fourth-order valence-electron chi connectivity index (χ4n) is 3.19. The summed E-state index contributed by atoms with van der Waals surface area (Å²) < 4.78 is 29.1. The Kier molecular flexibility index (Phi) is 4.98. The van der Waals surface area contributed by atoms with Crippen molar-refractivity contribution in [3.63, 3.8) is 0 Å². The van der Waals surface area contributed by atoms with Crippen molar-refractivity contribution in [1.29, 1.82) is 0 Å². The third-order valence-electron chi connectivity index (χ3n) is 4.71. The summed E-state index contributed by atoms with van der Waals surface area (Å²) in [7, 11) is -1.99. The van der Waals surface area contributed by atoms with Gasteiger partial charge in [-0.05, 0) is 28.5 Å². The molecule has 28 heavy (non-hydrogen) atoms. The van der Waals surface area contributed by atoms with Crippen molar-refractivity contribution >= 4 is 20.8 Å². The van der Waals surface area contributed by atoms with Gasteiger partial charge in [0.05, 0.1) is 17.6 Å². The molecule has 0 fully saturated rings. The number of benzene rings is 3. The molecule has 5 nitrogen and oxygen atoms in total. The molecule has 0 radical (unpaired) electrons. The first-order chi connectivity index (χ1) is 13.5. The van der Waals surface area contributed by atoms with Gasteiger partial charge in [0.1, 0.15) is 0 Å². The number of sulfonamides is 1. The van der Waals surface area contributed by atoms with E-state index in [-0.39, 0.29) is 6.54 Å². The van der Waals surface area contributed by atoms with Crippen LogP contribution in [0.2, 0.25) is 0 Å². The van der Waals surface area contributed by atoms with Gasteiger partial charge in [-0.2, -0.15) is 9.40 Å².